The summed E-state index contributed by atoms with van der Waals surface area (Å²) in [6, 6.07) is 22.0. The van der Waals surface area contributed by atoms with Crippen LogP contribution in [0.4, 0.5) is 0 Å². The molecule has 0 aliphatic heterocycles. The van der Waals surface area contributed by atoms with Gasteiger partial charge in [0, 0.05) is 0 Å². The molecule has 0 atom stereocenters. The van der Waals surface area contributed by atoms with Gasteiger partial charge >= 0.3 is 0 Å². The van der Waals surface area contributed by atoms with Crippen molar-refractivity contribution >= 4 is 43.1 Å². The summed E-state index contributed by atoms with van der Waals surface area (Å²) in [6.07, 6.45) is 0. The monoisotopic (exact) mass is 439 g/mol. The molecule has 0 amide bonds. The number of rotatable bonds is 2. The number of hydrogen-bond donors (Lipinski definition) is 0. The first-order chi connectivity index (χ1) is 20.6. The van der Waals surface area contributed by atoms with Gasteiger partial charge in [0.15, 0.2) is 0 Å². The summed E-state index contributed by atoms with van der Waals surface area (Å²) in [4.78, 5) is 0. The highest BCUT2D eigenvalue weighted by molar-refractivity contribution is 6.17. The zero-order chi connectivity index (χ0) is 30.3. The van der Waals surface area contributed by atoms with E-state index >= 15 is 0 Å². The van der Waals surface area contributed by atoms with Crippen molar-refractivity contribution < 1.29 is 12.3 Å². The number of hydrogen-bond acceptors (Lipinski definition) is 0. The molecular formula is C34H22. The van der Waals surface area contributed by atoms with E-state index in [-0.39, 0.29) is 45.2 Å². The van der Waals surface area contributed by atoms with Crippen LogP contribution in [0.25, 0.3) is 65.3 Å². The molecule has 0 N–H and O–H groups in total. The molecule has 0 saturated heterocycles. The zero-order valence-electron chi connectivity index (χ0n) is 27.0. The quantitative estimate of drug-likeness (QED) is 0.186. The van der Waals surface area contributed by atoms with Crippen molar-refractivity contribution in [3.63, 3.8) is 0 Å². The Labute approximate surface area is 211 Å². The molecule has 0 aromatic heterocycles. The van der Waals surface area contributed by atoms with Gasteiger partial charge in [0.05, 0.1) is 12.3 Å². The van der Waals surface area contributed by atoms with Crippen LogP contribution in [0.5, 0.6) is 0 Å². The maximum Gasteiger partial charge on any atom is 0.0636 e. The summed E-state index contributed by atoms with van der Waals surface area (Å²) in [5.41, 5.74) is 2.90. The molecule has 158 valence electrons. The molecule has 7 rings (SSSR count). The van der Waals surface area contributed by atoms with Crippen molar-refractivity contribution in [2.45, 2.75) is 0 Å². The topological polar surface area (TPSA) is 0 Å². The first-order valence-corrected chi connectivity index (χ1v) is 11.1. The summed E-state index contributed by atoms with van der Waals surface area (Å²) in [5, 5.41) is 3.76. The molecule has 0 bridgehead atoms. The van der Waals surface area contributed by atoms with Gasteiger partial charge in [-0.1, -0.05) is 115 Å². The average Bonchev–Trinajstić information content (AvgIpc) is 3.03. The molecule has 0 heteroatoms. The normalized spacial score (nSPS) is 15.2. The summed E-state index contributed by atoms with van der Waals surface area (Å²) in [5.74, 6) is 0. The highest BCUT2D eigenvalue weighted by Gasteiger charge is 2.13. The summed E-state index contributed by atoms with van der Waals surface area (Å²) < 4.78 is 77.4. The molecule has 7 aromatic carbocycles. The standard InChI is InChI=1S/C34H22/c1-2-10-23(11-3-1)32-21-26-18-19-27(22-33(26)31-17-9-8-16-30(31)32)34-28-14-6-4-12-24(28)20-25-13-5-7-15-29(25)34/h1-22H/i4D,5D,6D,7D,12D,13D,14D,15D,20D. The smallest absolute Gasteiger partial charge is 0.0622 e. The molecule has 0 saturated carbocycles. The first kappa shape index (κ1) is 12.2. The van der Waals surface area contributed by atoms with Gasteiger partial charge in [-0.05, 0) is 83.5 Å². The van der Waals surface area contributed by atoms with Crippen LogP contribution in [0.15, 0.2) is 133 Å². The lowest BCUT2D eigenvalue weighted by Gasteiger charge is -2.15. The number of fused-ring (bicyclic) bond motifs is 5. The minimum absolute atomic E-state index is 0.0538. The van der Waals surface area contributed by atoms with Gasteiger partial charge in [-0.2, -0.15) is 0 Å². The maximum absolute atomic E-state index is 8.95. The molecule has 0 spiro atoms. The summed E-state index contributed by atoms with van der Waals surface area (Å²) >= 11 is 0. The van der Waals surface area contributed by atoms with Crippen LogP contribution < -0.4 is 0 Å². The Morgan fingerprint density at radius 3 is 1.82 bits per heavy atom. The van der Waals surface area contributed by atoms with Gasteiger partial charge < -0.3 is 0 Å². The van der Waals surface area contributed by atoms with Crippen molar-refractivity contribution in [2.24, 2.45) is 0 Å². The molecule has 0 fully saturated rings. The van der Waals surface area contributed by atoms with Crippen molar-refractivity contribution in [1.29, 1.82) is 0 Å². The van der Waals surface area contributed by atoms with Gasteiger partial charge in [0.1, 0.15) is 0 Å². The minimum atomic E-state index is -0.505. The van der Waals surface area contributed by atoms with E-state index in [2.05, 4.69) is 24.3 Å². The Kier molecular flexibility index (Phi) is 2.71. The highest BCUT2D eigenvalue weighted by atomic mass is 14.2. The van der Waals surface area contributed by atoms with Gasteiger partial charge in [0.2, 0.25) is 0 Å². The number of benzene rings is 7. The van der Waals surface area contributed by atoms with Crippen LogP contribution in [0.2, 0.25) is 0 Å². The molecule has 34 heavy (non-hydrogen) atoms. The SMILES string of the molecule is [2H]c1c([2H])c([2H])c2c(-c3ccc4cc(-c5ccccc5)c5ccccc5c4c3)c3c([2H])c([2H])c([2H])c([2H])c3c([2H])c2c1[2H]. The second-order valence-electron chi connectivity index (χ2n) is 8.27. The Hall–Kier alpha value is -4.42. The van der Waals surface area contributed by atoms with E-state index < -0.39 is 36.3 Å². The van der Waals surface area contributed by atoms with Crippen LogP contribution in [0, 0.1) is 0 Å². The molecule has 0 aliphatic rings. The predicted octanol–water partition coefficient (Wildman–Crippen LogP) is 9.63. The van der Waals surface area contributed by atoms with E-state index in [0.717, 1.165) is 32.7 Å². The minimum Gasteiger partial charge on any atom is -0.0622 e. The van der Waals surface area contributed by atoms with E-state index in [9.17, 15) is 0 Å². The zero-order valence-corrected chi connectivity index (χ0v) is 18.0. The van der Waals surface area contributed by atoms with E-state index in [0.29, 0.717) is 5.56 Å². The fourth-order valence-electron chi connectivity index (χ4n) is 4.84. The third kappa shape index (κ3) is 2.93. The van der Waals surface area contributed by atoms with E-state index in [1.54, 1.807) is 0 Å². The summed E-state index contributed by atoms with van der Waals surface area (Å²) in [6.45, 7) is 0. The lowest BCUT2D eigenvalue weighted by Crippen LogP contribution is -1.88. The van der Waals surface area contributed by atoms with Crippen LogP contribution in [0.1, 0.15) is 12.3 Å². The van der Waals surface area contributed by atoms with Crippen LogP contribution >= 0.6 is 0 Å². The average molecular weight is 440 g/mol. The third-order valence-corrected chi connectivity index (χ3v) is 6.36. The fraction of sp³-hybridized carbons (Fsp3) is 0. The maximum atomic E-state index is 8.95. The second-order valence-corrected chi connectivity index (χ2v) is 8.27. The van der Waals surface area contributed by atoms with Gasteiger partial charge in [-0.25, -0.2) is 0 Å². The van der Waals surface area contributed by atoms with Crippen molar-refractivity contribution in [1.82, 2.24) is 0 Å². The van der Waals surface area contributed by atoms with Crippen LogP contribution in [0.3, 0.4) is 0 Å². The summed E-state index contributed by atoms with van der Waals surface area (Å²) in [7, 11) is 0. The molecule has 0 heterocycles. The molecule has 0 unspecified atom stereocenters. The molecular weight excluding hydrogens is 408 g/mol. The Morgan fingerprint density at radius 1 is 0.441 bits per heavy atom. The lowest BCUT2D eigenvalue weighted by atomic mass is 9.88. The van der Waals surface area contributed by atoms with Crippen molar-refractivity contribution in [3.8, 4) is 22.3 Å². The first-order valence-electron chi connectivity index (χ1n) is 15.6. The fourth-order valence-corrected chi connectivity index (χ4v) is 4.84. The Morgan fingerprint density at radius 2 is 1.09 bits per heavy atom. The van der Waals surface area contributed by atoms with Crippen LogP contribution in [-0.4, -0.2) is 0 Å². The van der Waals surface area contributed by atoms with Crippen LogP contribution in [-0.2, 0) is 0 Å². The van der Waals surface area contributed by atoms with E-state index in [1.165, 1.54) is 0 Å². The highest BCUT2D eigenvalue weighted by Crippen LogP contribution is 2.40. The second kappa shape index (κ2) is 7.57. The van der Waals surface area contributed by atoms with E-state index in [4.69, 9.17) is 12.3 Å². The van der Waals surface area contributed by atoms with Crippen molar-refractivity contribution in [2.75, 3.05) is 0 Å². The molecule has 0 radical (unpaired) electrons. The Bertz CT molecular complexity index is 2250. The van der Waals surface area contributed by atoms with E-state index in [1.807, 2.05) is 54.6 Å². The van der Waals surface area contributed by atoms with Gasteiger partial charge in [0.25, 0.3) is 0 Å². The molecule has 7 aromatic rings. The largest absolute Gasteiger partial charge is 0.0636 e. The van der Waals surface area contributed by atoms with Crippen molar-refractivity contribution in [3.05, 3.63) is 133 Å². The molecule has 0 nitrogen and oxygen atoms in total. The Balaban J connectivity index is 1.69. The third-order valence-electron chi connectivity index (χ3n) is 6.36. The van der Waals surface area contributed by atoms with Gasteiger partial charge in [-0.15, -0.1) is 0 Å². The van der Waals surface area contributed by atoms with Gasteiger partial charge in [-0.3, -0.25) is 0 Å². The molecule has 0 aliphatic carbocycles. The predicted molar refractivity (Wildman–Crippen MR) is 147 cm³/mol. The lowest BCUT2D eigenvalue weighted by molar-refractivity contribution is 1.66.